The monoisotopic (exact) mass is 304 g/mol. The van der Waals surface area contributed by atoms with Gasteiger partial charge in [0, 0.05) is 19.0 Å². The number of hydrogen-bond acceptors (Lipinski definition) is 5. The van der Waals surface area contributed by atoms with E-state index in [1.807, 2.05) is 13.8 Å². The van der Waals surface area contributed by atoms with Gasteiger partial charge in [0.15, 0.2) is 5.78 Å². The molecule has 0 aromatic heterocycles. The Hall–Kier alpha value is -2.37. The molecule has 1 aliphatic heterocycles. The van der Waals surface area contributed by atoms with E-state index in [1.165, 1.54) is 29.2 Å². The predicted octanol–water partition coefficient (Wildman–Crippen LogP) is 1.83. The highest BCUT2D eigenvalue weighted by atomic mass is 16.6. The van der Waals surface area contributed by atoms with E-state index in [1.54, 1.807) is 7.05 Å². The predicted molar refractivity (Wildman–Crippen MR) is 81.8 cm³/mol. The average Bonchev–Trinajstić information content (AvgIpc) is 2.97. The lowest BCUT2D eigenvalue weighted by Gasteiger charge is -2.19. The minimum absolute atomic E-state index is 0.0412. The molecule has 0 saturated carbocycles. The van der Waals surface area contributed by atoms with Crippen molar-refractivity contribution < 1.29 is 19.5 Å². The molecular formula is C16H20N2O4. The summed E-state index contributed by atoms with van der Waals surface area (Å²) < 4.78 is 0. The Morgan fingerprint density at radius 1 is 1.36 bits per heavy atom. The van der Waals surface area contributed by atoms with Crippen LogP contribution in [0.15, 0.2) is 29.4 Å². The largest absolute Gasteiger partial charge is 0.508 e. The van der Waals surface area contributed by atoms with Crippen molar-refractivity contribution in [2.24, 2.45) is 11.1 Å². The van der Waals surface area contributed by atoms with E-state index >= 15 is 0 Å². The van der Waals surface area contributed by atoms with Crippen LogP contribution in [-0.4, -0.2) is 47.1 Å². The minimum atomic E-state index is -0.644. The third kappa shape index (κ3) is 3.63. The molecule has 1 amide bonds. The first-order valence-corrected chi connectivity index (χ1v) is 7.18. The van der Waals surface area contributed by atoms with Gasteiger partial charge >= 0.3 is 0 Å². The third-order valence-electron chi connectivity index (χ3n) is 3.58. The fraction of sp³-hybridized carbons (Fsp3) is 0.438. The van der Waals surface area contributed by atoms with Gasteiger partial charge in [0.1, 0.15) is 5.75 Å². The summed E-state index contributed by atoms with van der Waals surface area (Å²) in [5, 5.41) is 13.1. The summed E-state index contributed by atoms with van der Waals surface area (Å²) >= 11 is 0. The number of Topliss-reactive ketones (excluding diaryl/α,β-unsaturated/α-hetero) is 1. The SMILES string of the molecule is CC(C)C1=NOC(C(=O)N(C)CC(=O)c2ccc(O)cc2)C1. The van der Waals surface area contributed by atoms with Crippen molar-refractivity contribution in [3.8, 4) is 5.75 Å². The topological polar surface area (TPSA) is 79.2 Å². The molecule has 0 radical (unpaired) electrons. The summed E-state index contributed by atoms with van der Waals surface area (Å²) in [6.07, 6.45) is -0.177. The molecule has 1 aromatic carbocycles. The van der Waals surface area contributed by atoms with E-state index < -0.39 is 6.10 Å². The average molecular weight is 304 g/mol. The highest BCUT2D eigenvalue weighted by molar-refractivity contribution is 6.00. The zero-order valence-corrected chi connectivity index (χ0v) is 12.9. The van der Waals surface area contributed by atoms with Crippen molar-refractivity contribution in [3.63, 3.8) is 0 Å². The molecule has 2 rings (SSSR count). The number of hydrogen-bond donors (Lipinski definition) is 1. The van der Waals surface area contributed by atoms with Crippen molar-refractivity contribution in [1.29, 1.82) is 0 Å². The van der Waals surface area contributed by atoms with E-state index in [2.05, 4.69) is 5.16 Å². The van der Waals surface area contributed by atoms with Gasteiger partial charge in [0.25, 0.3) is 5.91 Å². The summed E-state index contributed by atoms with van der Waals surface area (Å²) in [4.78, 5) is 30.9. The summed E-state index contributed by atoms with van der Waals surface area (Å²) in [5.41, 5.74) is 1.31. The molecule has 1 unspecified atom stereocenters. The fourth-order valence-corrected chi connectivity index (χ4v) is 2.15. The van der Waals surface area contributed by atoms with Crippen LogP contribution in [0.25, 0.3) is 0 Å². The number of likely N-dealkylation sites (N-methyl/N-ethyl adjacent to an activating group) is 1. The molecule has 1 aliphatic rings. The van der Waals surface area contributed by atoms with Crippen LogP contribution in [0.3, 0.4) is 0 Å². The number of benzene rings is 1. The van der Waals surface area contributed by atoms with Gasteiger partial charge in [-0.2, -0.15) is 0 Å². The molecule has 6 heteroatoms. The van der Waals surface area contributed by atoms with Crippen LogP contribution in [0.2, 0.25) is 0 Å². The Kier molecular flexibility index (Phi) is 4.80. The smallest absolute Gasteiger partial charge is 0.267 e. The standard InChI is InChI=1S/C16H20N2O4/c1-10(2)13-8-15(22-17-13)16(21)18(3)9-14(20)11-4-6-12(19)7-5-11/h4-7,10,15,19H,8-9H2,1-3H3. The highest BCUT2D eigenvalue weighted by Gasteiger charge is 2.32. The second-order valence-corrected chi connectivity index (χ2v) is 5.70. The van der Waals surface area contributed by atoms with Crippen molar-refractivity contribution in [1.82, 2.24) is 4.90 Å². The number of aromatic hydroxyl groups is 1. The maximum atomic E-state index is 12.3. The second kappa shape index (κ2) is 6.60. The fourth-order valence-electron chi connectivity index (χ4n) is 2.15. The molecular weight excluding hydrogens is 284 g/mol. The van der Waals surface area contributed by atoms with Gasteiger partial charge in [-0.05, 0) is 30.2 Å². The first-order valence-electron chi connectivity index (χ1n) is 7.18. The van der Waals surface area contributed by atoms with Gasteiger partial charge in [0.2, 0.25) is 6.10 Å². The zero-order valence-electron chi connectivity index (χ0n) is 12.9. The Bertz CT molecular complexity index is 593. The van der Waals surface area contributed by atoms with Crippen molar-refractivity contribution in [2.75, 3.05) is 13.6 Å². The molecule has 1 heterocycles. The lowest BCUT2D eigenvalue weighted by molar-refractivity contribution is -0.140. The molecule has 118 valence electrons. The number of carbonyl (C=O) groups excluding carboxylic acids is 2. The highest BCUT2D eigenvalue weighted by Crippen LogP contribution is 2.18. The molecule has 0 saturated heterocycles. The zero-order chi connectivity index (χ0) is 16.3. The van der Waals surface area contributed by atoms with Crippen LogP contribution in [0, 0.1) is 5.92 Å². The van der Waals surface area contributed by atoms with E-state index in [0.717, 1.165) is 5.71 Å². The molecule has 0 fully saturated rings. The van der Waals surface area contributed by atoms with Crippen LogP contribution in [0.5, 0.6) is 5.75 Å². The summed E-state index contributed by atoms with van der Waals surface area (Å²) in [6, 6.07) is 5.94. The molecule has 1 atom stereocenters. The number of rotatable bonds is 5. The minimum Gasteiger partial charge on any atom is -0.508 e. The van der Waals surface area contributed by atoms with Crippen LogP contribution in [-0.2, 0) is 9.63 Å². The first kappa shape index (κ1) is 16.0. The number of amides is 1. The number of phenols is 1. The van der Waals surface area contributed by atoms with Gasteiger partial charge < -0.3 is 14.8 Å². The maximum Gasteiger partial charge on any atom is 0.267 e. The summed E-state index contributed by atoms with van der Waals surface area (Å²) in [5.74, 6) is -0.120. The Morgan fingerprint density at radius 2 is 2.00 bits per heavy atom. The lowest BCUT2D eigenvalue weighted by atomic mass is 10.0. The van der Waals surface area contributed by atoms with E-state index in [4.69, 9.17) is 4.84 Å². The molecule has 0 spiro atoms. The van der Waals surface area contributed by atoms with Crippen LogP contribution in [0.1, 0.15) is 30.6 Å². The summed E-state index contributed by atoms with van der Waals surface area (Å²) in [6.45, 7) is 3.95. The van der Waals surface area contributed by atoms with Gasteiger partial charge in [-0.1, -0.05) is 19.0 Å². The van der Waals surface area contributed by atoms with Crippen LogP contribution >= 0.6 is 0 Å². The molecule has 1 N–H and O–H groups in total. The lowest BCUT2D eigenvalue weighted by Crippen LogP contribution is -2.39. The Labute approximate surface area is 129 Å². The number of nitrogens with zero attached hydrogens (tertiary/aromatic N) is 2. The number of oxime groups is 1. The van der Waals surface area contributed by atoms with Crippen LogP contribution < -0.4 is 0 Å². The molecule has 0 bridgehead atoms. The number of phenolic OH excluding ortho intramolecular Hbond substituents is 1. The van der Waals surface area contributed by atoms with E-state index in [9.17, 15) is 14.7 Å². The van der Waals surface area contributed by atoms with Gasteiger partial charge in [-0.15, -0.1) is 0 Å². The normalized spacial score (nSPS) is 17.1. The van der Waals surface area contributed by atoms with Gasteiger partial charge in [-0.3, -0.25) is 9.59 Å². The number of ketones is 1. The number of carbonyl (C=O) groups is 2. The maximum absolute atomic E-state index is 12.3. The quantitative estimate of drug-likeness (QED) is 0.842. The molecule has 22 heavy (non-hydrogen) atoms. The second-order valence-electron chi connectivity index (χ2n) is 5.70. The summed E-state index contributed by atoms with van der Waals surface area (Å²) in [7, 11) is 1.57. The Morgan fingerprint density at radius 3 is 2.55 bits per heavy atom. The third-order valence-corrected chi connectivity index (χ3v) is 3.58. The van der Waals surface area contributed by atoms with Crippen molar-refractivity contribution in [2.45, 2.75) is 26.4 Å². The first-order chi connectivity index (χ1) is 10.4. The van der Waals surface area contributed by atoms with E-state index in [0.29, 0.717) is 12.0 Å². The van der Waals surface area contributed by atoms with Crippen molar-refractivity contribution >= 4 is 17.4 Å². The molecule has 1 aromatic rings. The Balaban J connectivity index is 1.92. The molecule has 6 nitrogen and oxygen atoms in total. The van der Waals surface area contributed by atoms with Crippen molar-refractivity contribution in [3.05, 3.63) is 29.8 Å². The van der Waals surface area contributed by atoms with Crippen LogP contribution in [0.4, 0.5) is 0 Å². The van der Waals surface area contributed by atoms with Gasteiger partial charge in [0.05, 0.1) is 12.3 Å². The van der Waals surface area contributed by atoms with Gasteiger partial charge in [-0.25, -0.2) is 0 Å². The van der Waals surface area contributed by atoms with E-state index in [-0.39, 0.29) is 29.9 Å². The molecule has 0 aliphatic carbocycles.